The lowest BCUT2D eigenvalue weighted by molar-refractivity contribution is -0.115. The third-order valence-electron chi connectivity index (χ3n) is 3.97. The molecule has 5 nitrogen and oxygen atoms in total. The van der Waals surface area contributed by atoms with Gasteiger partial charge < -0.3 is 9.84 Å². The van der Waals surface area contributed by atoms with Crippen LogP contribution in [0.25, 0.3) is 21.2 Å². The maximum Gasteiger partial charge on any atom is 0.232 e. The lowest BCUT2D eigenvalue weighted by Gasteiger charge is -1.99. The third kappa shape index (κ3) is 2.55. The van der Waals surface area contributed by atoms with Crippen LogP contribution < -0.4 is 5.32 Å². The number of hydrogen-bond donors (Lipinski definition) is 1. The Hall–Kier alpha value is -2.73. The number of nitrogens with zero attached hydrogens (tertiary/aromatic N) is 2. The molecule has 120 valence electrons. The zero-order chi connectivity index (χ0) is 16.7. The van der Waals surface area contributed by atoms with Gasteiger partial charge in [0.1, 0.15) is 5.69 Å². The van der Waals surface area contributed by atoms with Crippen molar-refractivity contribution in [1.29, 1.82) is 0 Å². The summed E-state index contributed by atoms with van der Waals surface area (Å²) in [4.78, 5) is 16.9. The Kier molecular flexibility index (Phi) is 3.54. The maximum atomic E-state index is 12.3. The average Bonchev–Trinajstić information content (AvgIpc) is 3.17. The van der Waals surface area contributed by atoms with Crippen molar-refractivity contribution in [2.45, 2.75) is 20.3 Å². The highest BCUT2D eigenvalue weighted by Crippen LogP contribution is 2.31. The lowest BCUT2D eigenvalue weighted by Crippen LogP contribution is -2.14. The van der Waals surface area contributed by atoms with Gasteiger partial charge in [-0.2, -0.15) is 0 Å². The van der Waals surface area contributed by atoms with Gasteiger partial charge in [0.25, 0.3) is 0 Å². The van der Waals surface area contributed by atoms with Gasteiger partial charge in [0, 0.05) is 5.39 Å². The van der Waals surface area contributed by atoms with Crippen molar-refractivity contribution in [3.8, 4) is 0 Å². The van der Waals surface area contributed by atoms with E-state index in [2.05, 4.69) is 21.5 Å². The second-order valence-electron chi connectivity index (χ2n) is 5.75. The van der Waals surface area contributed by atoms with Gasteiger partial charge in [0.05, 0.1) is 16.6 Å². The second-order valence-corrected chi connectivity index (χ2v) is 6.75. The van der Waals surface area contributed by atoms with Crippen LogP contribution in [0.3, 0.4) is 0 Å². The van der Waals surface area contributed by atoms with Gasteiger partial charge in [-0.15, -0.1) is 0 Å². The van der Waals surface area contributed by atoms with Crippen LogP contribution in [0.5, 0.6) is 0 Å². The molecular formula is C18H15N3O2S. The number of para-hydroxylation sites is 1. The summed E-state index contributed by atoms with van der Waals surface area (Å²) in [5.41, 5.74) is 4.54. The molecule has 24 heavy (non-hydrogen) atoms. The molecule has 2 aromatic carbocycles. The fourth-order valence-electron chi connectivity index (χ4n) is 2.69. The molecule has 0 bridgehead atoms. The van der Waals surface area contributed by atoms with E-state index in [0.717, 1.165) is 26.7 Å². The van der Waals surface area contributed by atoms with E-state index < -0.39 is 0 Å². The van der Waals surface area contributed by atoms with Crippen LogP contribution in [0.2, 0.25) is 0 Å². The highest BCUT2D eigenvalue weighted by molar-refractivity contribution is 7.22. The number of aryl methyl sites for hydroxylation is 2. The van der Waals surface area contributed by atoms with Crippen molar-refractivity contribution in [1.82, 2.24) is 10.1 Å². The van der Waals surface area contributed by atoms with Gasteiger partial charge in [-0.25, -0.2) is 4.98 Å². The van der Waals surface area contributed by atoms with Gasteiger partial charge >= 0.3 is 0 Å². The predicted octanol–water partition coefficient (Wildman–Crippen LogP) is 4.24. The first-order valence-electron chi connectivity index (χ1n) is 7.62. The molecule has 1 N–H and O–H groups in total. The molecule has 0 fully saturated rings. The van der Waals surface area contributed by atoms with Gasteiger partial charge in [0.2, 0.25) is 5.91 Å². The van der Waals surface area contributed by atoms with Crippen molar-refractivity contribution < 1.29 is 9.32 Å². The number of carbonyl (C=O) groups excluding carboxylic acids is 1. The fourth-order valence-corrected chi connectivity index (χ4v) is 3.72. The van der Waals surface area contributed by atoms with E-state index in [1.54, 1.807) is 0 Å². The first-order valence-corrected chi connectivity index (χ1v) is 8.43. The molecule has 4 rings (SSSR count). The van der Waals surface area contributed by atoms with E-state index in [9.17, 15) is 4.79 Å². The number of hydrogen-bond acceptors (Lipinski definition) is 5. The summed E-state index contributed by atoms with van der Waals surface area (Å²) in [6.45, 7) is 4.07. The topological polar surface area (TPSA) is 68.0 Å². The van der Waals surface area contributed by atoms with Crippen molar-refractivity contribution in [2.75, 3.05) is 5.32 Å². The Morgan fingerprint density at radius 2 is 1.96 bits per heavy atom. The Morgan fingerprint density at radius 3 is 2.79 bits per heavy atom. The molecule has 0 saturated carbocycles. The Labute approximate surface area is 142 Å². The highest BCUT2D eigenvalue weighted by atomic mass is 32.1. The fraction of sp³-hybridized carbons (Fsp3) is 0.167. The number of rotatable bonds is 3. The van der Waals surface area contributed by atoms with Crippen molar-refractivity contribution in [3.63, 3.8) is 0 Å². The molecule has 0 aliphatic rings. The van der Waals surface area contributed by atoms with E-state index in [0.29, 0.717) is 16.4 Å². The largest absolute Gasteiger partial charge is 0.356 e. The minimum Gasteiger partial charge on any atom is -0.356 e. The maximum absolute atomic E-state index is 12.3. The molecule has 0 aliphatic heterocycles. The van der Waals surface area contributed by atoms with Gasteiger partial charge in [-0.1, -0.05) is 40.8 Å². The van der Waals surface area contributed by atoms with E-state index in [4.69, 9.17) is 4.52 Å². The van der Waals surface area contributed by atoms with E-state index in [1.165, 1.54) is 11.3 Å². The first kappa shape index (κ1) is 14.8. The molecular weight excluding hydrogens is 322 g/mol. The summed E-state index contributed by atoms with van der Waals surface area (Å²) in [6.07, 6.45) is 0.158. The quantitative estimate of drug-likeness (QED) is 0.607. The zero-order valence-electron chi connectivity index (χ0n) is 13.3. The van der Waals surface area contributed by atoms with Gasteiger partial charge in [0.15, 0.2) is 10.7 Å². The monoisotopic (exact) mass is 337 g/mol. The Bertz CT molecular complexity index is 1030. The molecule has 4 aromatic rings. The first-order chi connectivity index (χ1) is 11.6. The number of aromatic nitrogens is 2. The molecule has 1 amide bonds. The van der Waals surface area contributed by atoms with Crippen LogP contribution in [0.15, 0.2) is 40.9 Å². The summed E-state index contributed by atoms with van der Waals surface area (Å²) in [6, 6.07) is 11.6. The summed E-state index contributed by atoms with van der Waals surface area (Å²) < 4.78 is 6.35. The molecule has 0 spiro atoms. The van der Waals surface area contributed by atoms with Crippen LogP contribution >= 0.6 is 11.3 Å². The number of amides is 1. The number of thiazole rings is 1. The number of anilines is 1. The SMILES string of the molecule is Cc1ccc(C)c2sc(NC(=O)Cc3noc4ccccc34)nc12. The van der Waals surface area contributed by atoms with E-state index in [-0.39, 0.29) is 12.3 Å². The highest BCUT2D eigenvalue weighted by Gasteiger charge is 2.15. The summed E-state index contributed by atoms with van der Waals surface area (Å²) in [5, 5.41) is 8.35. The molecule has 0 radical (unpaired) electrons. The number of benzene rings is 2. The van der Waals surface area contributed by atoms with E-state index >= 15 is 0 Å². The average molecular weight is 337 g/mol. The van der Waals surface area contributed by atoms with Crippen LogP contribution in [0.1, 0.15) is 16.8 Å². The normalized spacial score (nSPS) is 11.2. The minimum atomic E-state index is -0.150. The van der Waals surface area contributed by atoms with Crippen LogP contribution in [0, 0.1) is 13.8 Å². The second kappa shape index (κ2) is 5.72. The van der Waals surface area contributed by atoms with E-state index in [1.807, 2.05) is 44.2 Å². The summed E-state index contributed by atoms with van der Waals surface area (Å²) in [5.74, 6) is -0.150. The molecule has 0 saturated heterocycles. The van der Waals surface area contributed by atoms with Crippen molar-refractivity contribution in [3.05, 3.63) is 53.2 Å². The molecule has 2 heterocycles. The van der Waals surface area contributed by atoms with Crippen LogP contribution in [0.4, 0.5) is 5.13 Å². The third-order valence-corrected chi connectivity index (χ3v) is 5.07. The molecule has 0 unspecified atom stereocenters. The molecule has 0 aliphatic carbocycles. The number of nitrogens with one attached hydrogen (secondary N) is 1. The van der Waals surface area contributed by atoms with Crippen molar-refractivity contribution in [2.24, 2.45) is 0 Å². The van der Waals surface area contributed by atoms with Crippen LogP contribution in [-0.2, 0) is 11.2 Å². The van der Waals surface area contributed by atoms with Crippen molar-refractivity contribution >= 4 is 43.6 Å². The van der Waals surface area contributed by atoms with Gasteiger partial charge in [-0.3, -0.25) is 4.79 Å². The number of carbonyl (C=O) groups is 1. The Morgan fingerprint density at radius 1 is 1.17 bits per heavy atom. The molecule has 6 heteroatoms. The number of fused-ring (bicyclic) bond motifs is 2. The summed E-state index contributed by atoms with van der Waals surface area (Å²) >= 11 is 1.50. The Balaban J connectivity index is 1.58. The minimum absolute atomic E-state index is 0.150. The summed E-state index contributed by atoms with van der Waals surface area (Å²) in [7, 11) is 0. The lowest BCUT2D eigenvalue weighted by atomic mass is 10.1. The smallest absolute Gasteiger partial charge is 0.232 e. The predicted molar refractivity (Wildman–Crippen MR) is 95.4 cm³/mol. The van der Waals surface area contributed by atoms with Crippen LogP contribution in [-0.4, -0.2) is 16.0 Å². The standard InChI is InChI=1S/C18H15N3O2S/c1-10-7-8-11(2)17-16(10)20-18(24-17)19-15(22)9-13-12-5-3-4-6-14(12)23-21-13/h3-8H,9H2,1-2H3,(H,19,20,22). The molecule has 2 aromatic heterocycles. The zero-order valence-corrected chi connectivity index (χ0v) is 14.1. The molecule has 0 atom stereocenters. The van der Waals surface area contributed by atoms with Gasteiger partial charge in [-0.05, 0) is 37.1 Å².